The van der Waals surface area contributed by atoms with Crippen LogP contribution >= 0.6 is 0 Å². The Morgan fingerprint density at radius 1 is 1.23 bits per heavy atom. The van der Waals surface area contributed by atoms with Crippen LogP contribution < -0.4 is 5.32 Å². The van der Waals surface area contributed by atoms with Gasteiger partial charge in [0.05, 0.1) is 11.3 Å². The Kier molecular flexibility index (Phi) is 4.42. The van der Waals surface area contributed by atoms with Gasteiger partial charge in [0.15, 0.2) is 0 Å². The molecule has 1 N–H and O–H groups in total. The topological polar surface area (TPSA) is 62.3 Å². The number of rotatable bonds is 4. The summed E-state index contributed by atoms with van der Waals surface area (Å²) in [5.74, 6) is 0.00177. The van der Waals surface area contributed by atoms with Crippen LogP contribution in [0.4, 0.5) is 0 Å². The second-order valence-electron chi connectivity index (χ2n) is 5.75. The fourth-order valence-corrected chi connectivity index (χ4v) is 4.47. The van der Waals surface area contributed by atoms with Crippen molar-refractivity contribution >= 4 is 20.9 Å². The molecule has 0 unspecified atom stereocenters. The van der Waals surface area contributed by atoms with Gasteiger partial charge in [-0.2, -0.15) is 0 Å². The molecule has 2 heterocycles. The third-order valence-corrected chi connectivity index (χ3v) is 6.17. The highest BCUT2D eigenvalue weighted by atomic mass is 32.2. The molecule has 0 saturated carbocycles. The molecule has 0 radical (unpaired) electrons. The molecule has 1 aliphatic heterocycles. The fourth-order valence-electron chi connectivity index (χ4n) is 2.98. The number of nitrogens with zero attached hydrogens (tertiary/aromatic N) is 2. The summed E-state index contributed by atoms with van der Waals surface area (Å²) in [5.41, 5.74) is 1.53. The lowest BCUT2D eigenvalue weighted by Crippen LogP contribution is -2.44. The quantitative estimate of drug-likeness (QED) is 0.932. The number of piperidine rings is 1. The molecule has 1 aromatic heterocycles. The molecule has 0 bridgehead atoms. The zero-order valence-corrected chi connectivity index (χ0v) is 13.5. The van der Waals surface area contributed by atoms with Crippen molar-refractivity contribution in [2.24, 2.45) is 0 Å². The van der Waals surface area contributed by atoms with Crippen molar-refractivity contribution in [1.82, 2.24) is 14.6 Å². The van der Waals surface area contributed by atoms with Crippen LogP contribution in [0.15, 0.2) is 36.5 Å². The van der Waals surface area contributed by atoms with Crippen molar-refractivity contribution in [2.75, 3.05) is 20.1 Å². The number of pyridine rings is 1. The number of sulfonamides is 1. The number of benzene rings is 1. The number of fused-ring (bicyclic) bond motifs is 1. The van der Waals surface area contributed by atoms with Gasteiger partial charge in [0.25, 0.3) is 0 Å². The molecular weight excluding hydrogens is 298 g/mol. The summed E-state index contributed by atoms with van der Waals surface area (Å²) >= 11 is 0. The second-order valence-corrected chi connectivity index (χ2v) is 7.77. The second kappa shape index (κ2) is 6.32. The van der Waals surface area contributed by atoms with Crippen molar-refractivity contribution in [3.63, 3.8) is 0 Å². The van der Waals surface area contributed by atoms with E-state index in [1.807, 2.05) is 30.3 Å². The van der Waals surface area contributed by atoms with Gasteiger partial charge in [0, 0.05) is 24.7 Å². The van der Waals surface area contributed by atoms with E-state index < -0.39 is 10.0 Å². The van der Waals surface area contributed by atoms with Gasteiger partial charge >= 0.3 is 0 Å². The van der Waals surface area contributed by atoms with Gasteiger partial charge in [-0.1, -0.05) is 24.3 Å². The Labute approximate surface area is 131 Å². The van der Waals surface area contributed by atoms with Crippen molar-refractivity contribution in [3.8, 4) is 0 Å². The monoisotopic (exact) mass is 319 g/mol. The minimum absolute atomic E-state index is 0.00177. The van der Waals surface area contributed by atoms with Gasteiger partial charge in [0.1, 0.15) is 0 Å². The highest BCUT2D eigenvalue weighted by Gasteiger charge is 2.28. The molecule has 1 fully saturated rings. The minimum atomic E-state index is -3.34. The van der Waals surface area contributed by atoms with Gasteiger partial charge in [0.2, 0.25) is 10.0 Å². The number of hydrogen-bond acceptors (Lipinski definition) is 4. The van der Waals surface area contributed by atoms with E-state index >= 15 is 0 Å². The predicted octanol–water partition coefficient (Wildman–Crippen LogP) is 1.75. The Bertz CT molecular complexity index is 750. The van der Waals surface area contributed by atoms with Crippen molar-refractivity contribution in [1.29, 1.82) is 0 Å². The number of para-hydroxylation sites is 1. The SMILES string of the molecule is CN(C1CCNCC1)S(=O)(=O)Cc1cccc2cccnc12. The van der Waals surface area contributed by atoms with E-state index in [9.17, 15) is 8.42 Å². The molecule has 1 aliphatic rings. The average Bonchev–Trinajstić information content (AvgIpc) is 2.55. The summed E-state index contributed by atoms with van der Waals surface area (Å²) in [6.07, 6.45) is 3.43. The normalized spacial score (nSPS) is 17.2. The number of nitrogens with one attached hydrogen (secondary N) is 1. The van der Waals surface area contributed by atoms with E-state index in [2.05, 4.69) is 10.3 Å². The smallest absolute Gasteiger partial charge is 0.218 e. The molecule has 6 heteroatoms. The van der Waals surface area contributed by atoms with Crippen molar-refractivity contribution in [3.05, 3.63) is 42.1 Å². The first kappa shape index (κ1) is 15.4. The first-order valence-electron chi connectivity index (χ1n) is 7.57. The molecule has 3 rings (SSSR count). The molecular formula is C16H21N3O2S. The fraction of sp³-hybridized carbons (Fsp3) is 0.438. The molecule has 0 spiro atoms. The van der Waals surface area contributed by atoms with Crippen LogP contribution in [0.2, 0.25) is 0 Å². The molecule has 2 aromatic rings. The molecule has 0 atom stereocenters. The maximum Gasteiger partial charge on any atom is 0.218 e. The van der Waals surface area contributed by atoms with E-state index in [1.165, 1.54) is 0 Å². The highest BCUT2D eigenvalue weighted by molar-refractivity contribution is 7.88. The Morgan fingerprint density at radius 2 is 1.95 bits per heavy atom. The lowest BCUT2D eigenvalue weighted by molar-refractivity contribution is 0.296. The third kappa shape index (κ3) is 3.14. The van der Waals surface area contributed by atoms with Crippen LogP contribution in [0.3, 0.4) is 0 Å². The lowest BCUT2D eigenvalue weighted by atomic mass is 10.1. The van der Waals surface area contributed by atoms with Gasteiger partial charge in [-0.05, 0) is 37.6 Å². The Morgan fingerprint density at radius 3 is 2.73 bits per heavy atom. The Hall–Kier alpha value is -1.50. The third-order valence-electron chi connectivity index (χ3n) is 4.32. The van der Waals surface area contributed by atoms with Crippen LogP contribution in [0.25, 0.3) is 10.9 Å². The van der Waals surface area contributed by atoms with Crippen LogP contribution in [-0.2, 0) is 15.8 Å². The zero-order valence-electron chi connectivity index (χ0n) is 12.7. The van der Waals surface area contributed by atoms with Gasteiger partial charge in [-0.3, -0.25) is 4.98 Å². The number of aromatic nitrogens is 1. The van der Waals surface area contributed by atoms with Gasteiger partial charge < -0.3 is 5.32 Å². The average molecular weight is 319 g/mol. The van der Waals surface area contributed by atoms with Crippen LogP contribution in [-0.4, -0.2) is 43.9 Å². The van der Waals surface area contributed by atoms with Gasteiger partial charge in [-0.25, -0.2) is 12.7 Å². The van der Waals surface area contributed by atoms with E-state index in [4.69, 9.17) is 0 Å². The van der Waals surface area contributed by atoms with Gasteiger partial charge in [-0.15, -0.1) is 0 Å². The van der Waals surface area contributed by atoms with Crippen LogP contribution in [0.5, 0.6) is 0 Å². The summed E-state index contributed by atoms with van der Waals surface area (Å²) in [6.45, 7) is 1.75. The summed E-state index contributed by atoms with van der Waals surface area (Å²) in [5, 5.41) is 4.24. The molecule has 5 nitrogen and oxygen atoms in total. The predicted molar refractivity (Wildman–Crippen MR) is 88.0 cm³/mol. The first-order chi connectivity index (χ1) is 10.6. The molecule has 118 valence electrons. The first-order valence-corrected chi connectivity index (χ1v) is 9.18. The molecule has 1 saturated heterocycles. The zero-order chi connectivity index (χ0) is 15.6. The summed E-state index contributed by atoms with van der Waals surface area (Å²) in [7, 11) is -1.64. The summed E-state index contributed by atoms with van der Waals surface area (Å²) < 4.78 is 27.0. The summed E-state index contributed by atoms with van der Waals surface area (Å²) in [6, 6.07) is 9.60. The molecule has 22 heavy (non-hydrogen) atoms. The lowest BCUT2D eigenvalue weighted by Gasteiger charge is -2.30. The van der Waals surface area contributed by atoms with E-state index in [0.29, 0.717) is 0 Å². The molecule has 0 aliphatic carbocycles. The Balaban J connectivity index is 1.86. The number of hydrogen-bond donors (Lipinski definition) is 1. The maximum atomic E-state index is 12.7. The molecule has 0 amide bonds. The standard InChI is InChI=1S/C16H21N3O2S/c1-19(15-7-10-17-11-8-15)22(20,21)12-14-5-2-4-13-6-3-9-18-16(13)14/h2-6,9,15,17H,7-8,10-12H2,1H3. The van der Waals surface area contributed by atoms with E-state index in [1.54, 1.807) is 17.5 Å². The van der Waals surface area contributed by atoms with Crippen molar-refractivity contribution < 1.29 is 8.42 Å². The largest absolute Gasteiger partial charge is 0.317 e. The molecule has 1 aromatic carbocycles. The maximum absolute atomic E-state index is 12.7. The van der Waals surface area contributed by atoms with E-state index in [0.717, 1.165) is 42.4 Å². The minimum Gasteiger partial charge on any atom is -0.317 e. The highest BCUT2D eigenvalue weighted by Crippen LogP contribution is 2.22. The van der Waals surface area contributed by atoms with Crippen molar-refractivity contribution in [2.45, 2.75) is 24.6 Å². The van der Waals surface area contributed by atoms with Crippen LogP contribution in [0.1, 0.15) is 18.4 Å². The summed E-state index contributed by atoms with van der Waals surface area (Å²) in [4.78, 5) is 4.34. The van der Waals surface area contributed by atoms with E-state index in [-0.39, 0.29) is 11.8 Å². The van der Waals surface area contributed by atoms with Crippen LogP contribution in [0, 0.1) is 0 Å².